The molecule has 2 atom stereocenters. The van der Waals surface area contributed by atoms with Crippen LogP contribution in [0.4, 0.5) is 5.69 Å². The van der Waals surface area contributed by atoms with Gasteiger partial charge in [0.2, 0.25) is 15.9 Å². The van der Waals surface area contributed by atoms with E-state index in [0.29, 0.717) is 18.7 Å². The summed E-state index contributed by atoms with van der Waals surface area (Å²) in [7, 11) is -0.639. The summed E-state index contributed by atoms with van der Waals surface area (Å²) in [6.07, 6.45) is -0.178. The highest BCUT2D eigenvalue weighted by Crippen LogP contribution is 2.18. The minimum Gasteiger partial charge on any atom is -0.392 e. The lowest BCUT2D eigenvalue weighted by molar-refractivity contribution is -0.117. The van der Waals surface area contributed by atoms with Crippen LogP contribution in [0.5, 0.6) is 0 Å². The standard InChI is InChI=1S/C13H19N3O4S/c1-16(2)21(19,20)11-5-3-4-9(6-11)15-13(18)12-7-10(17)8-14-12/h3-6,10,12,14,17H,7-8H2,1-2H3,(H,15,18). The molecule has 0 aromatic heterocycles. The number of benzene rings is 1. The first-order chi connectivity index (χ1) is 9.80. The molecule has 1 aliphatic heterocycles. The van der Waals surface area contributed by atoms with Crippen molar-refractivity contribution in [3.63, 3.8) is 0 Å². The van der Waals surface area contributed by atoms with Gasteiger partial charge < -0.3 is 15.7 Å². The Hall–Kier alpha value is -1.48. The molecule has 21 heavy (non-hydrogen) atoms. The Morgan fingerprint density at radius 3 is 2.71 bits per heavy atom. The molecule has 1 aliphatic rings. The lowest BCUT2D eigenvalue weighted by atomic mass is 10.2. The molecule has 0 spiro atoms. The zero-order valence-electron chi connectivity index (χ0n) is 11.9. The van der Waals surface area contributed by atoms with Gasteiger partial charge in [0.25, 0.3) is 0 Å². The molecule has 1 aromatic carbocycles. The van der Waals surface area contributed by atoms with Crippen molar-refractivity contribution < 1.29 is 18.3 Å². The Kier molecular flexibility index (Phi) is 4.62. The maximum Gasteiger partial charge on any atom is 0.242 e. The van der Waals surface area contributed by atoms with Crippen LogP contribution in [0.2, 0.25) is 0 Å². The molecule has 2 unspecified atom stereocenters. The van der Waals surface area contributed by atoms with Crippen molar-refractivity contribution in [2.45, 2.75) is 23.5 Å². The molecule has 0 bridgehead atoms. The zero-order valence-corrected chi connectivity index (χ0v) is 12.7. The first-order valence-corrected chi connectivity index (χ1v) is 7.99. The number of hydrogen-bond donors (Lipinski definition) is 3. The number of anilines is 1. The SMILES string of the molecule is CN(C)S(=O)(=O)c1cccc(NC(=O)C2CC(O)CN2)c1. The summed E-state index contributed by atoms with van der Waals surface area (Å²) >= 11 is 0. The van der Waals surface area contributed by atoms with Gasteiger partial charge in [0.05, 0.1) is 17.0 Å². The fraction of sp³-hybridized carbons (Fsp3) is 0.462. The molecule has 1 fully saturated rings. The largest absolute Gasteiger partial charge is 0.392 e. The van der Waals surface area contributed by atoms with E-state index in [1.807, 2.05) is 0 Å². The molecule has 1 saturated heterocycles. The maximum atomic E-state index is 12.0. The van der Waals surface area contributed by atoms with E-state index in [9.17, 15) is 18.3 Å². The van der Waals surface area contributed by atoms with Gasteiger partial charge in [0.15, 0.2) is 0 Å². The molecule has 1 heterocycles. The molecular formula is C13H19N3O4S. The Morgan fingerprint density at radius 1 is 1.43 bits per heavy atom. The third kappa shape index (κ3) is 3.59. The van der Waals surface area contributed by atoms with Crippen molar-refractivity contribution in [2.75, 3.05) is 26.0 Å². The first-order valence-electron chi connectivity index (χ1n) is 6.55. The molecule has 0 saturated carbocycles. The highest BCUT2D eigenvalue weighted by molar-refractivity contribution is 7.89. The van der Waals surface area contributed by atoms with E-state index in [2.05, 4.69) is 10.6 Å². The van der Waals surface area contributed by atoms with E-state index >= 15 is 0 Å². The van der Waals surface area contributed by atoms with Crippen molar-refractivity contribution in [2.24, 2.45) is 0 Å². The van der Waals surface area contributed by atoms with Gasteiger partial charge in [-0.25, -0.2) is 12.7 Å². The van der Waals surface area contributed by atoms with Crippen LogP contribution in [0, 0.1) is 0 Å². The minimum absolute atomic E-state index is 0.115. The van der Waals surface area contributed by atoms with E-state index < -0.39 is 22.2 Å². The maximum absolute atomic E-state index is 12.0. The summed E-state index contributed by atoms with van der Waals surface area (Å²) in [4.78, 5) is 12.1. The van der Waals surface area contributed by atoms with Crippen LogP contribution in [0.15, 0.2) is 29.2 Å². The molecule has 2 rings (SSSR count). The third-order valence-electron chi connectivity index (χ3n) is 3.30. The van der Waals surface area contributed by atoms with Crippen LogP contribution in [0.25, 0.3) is 0 Å². The molecule has 8 heteroatoms. The lowest BCUT2D eigenvalue weighted by Crippen LogP contribution is -2.35. The average molecular weight is 313 g/mol. The minimum atomic E-state index is -3.54. The van der Waals surface area contributed by atoms with Gasteiger partial charge in [-0.05, 0) is 24.6 Å². The van der Waals surface area contributed by atoms with Gasteiger partial charge in [0, 0.05) is 26.3 Å². The van der Waals surface area contributed by atoms with Crippen LogP contribution in [0.1, 0.15) is 6.42 Å². The van der Waals surface area contributed by atoms with E-state index in [0.717, 1.165) is 4.31 Å². The number of carbonyl (C=O) groups is 1. The predicted molar refractivity (Wildman–Crippen MR) is 78.4 cm³/mol. The van der Waals surface area contributed by atoms with Crippen LogP contribution in [-0.4, -0.2) is 56.5 Å². The summed E-state index contributed by atoms with van der Waals surface area (Å²) in [5.41, 5.74) is 0.408. The van der Waals surface area contributed by atoms with E-state index in [1.165, 1.54) is 26.2 Å². The van der Waals surface area contributed by atoms with E-state index in [1.54, 1.807) is 12.1 Å². The topological polar surface area (TPSA) is 98.7 Å². The second kappa shape index (κ2) is 6.10. The fourth-order valence-corrected chi connectivity index (χ4v) is 3.04. The number of carbonyl (C=O) groups excluding carboxylic acids is 1. The second-order valence-electron chi connectivity index (χ2n) is 5.15. The Labute approximate surface area is 124 Å². The van der Waals surface area contributed by atoms with Crippen LogP contribution in [0.3, 0.4) is 0 Å². The molecule has 0 radical (unpaired) electrons. The van der Waals surface area contributed by atoms with Crippen molar-refractivity contribution in [1.82, 2.24) is 9.62 Å². The monoisotopic (exact) mass is 313 g/mol. The van der Waals surface area contributed by atoms with Crippen molar-refractivity contribution in [3.8, 4) is 0 Å². The summed E-state index contributed by atoms with van der Waals surface area (Å²) in [5.74, 6) is -0.286. The summed E-state index contributed by atoms with van der Waals surface area (Å²) < 4.78 is 25.2. The smallest absolute Gasteiger partial charge is 0.242 e. The highest BCUT2D eigenvalue weighted by Gasteiger charge is 2.28. The normalized spacial score (nSPS) is 22.5. The first kappa shape index (κ1) is 15.9. The Morgan fingerprint density at radius 2 is 2.14 bits per heavy atom. The molecule has 1 aromatic rings. The van der Waals surface area contributed by atoms with Crippen molar-refractivity contribution in [1.29, 1.82) is 0 Å². The van der Waals surface area contributed by atoms with Crippen LogP contribution >= 0.6 is 0 Å². The lowest BCUT2D eigenvalue weighted by Gasteiger charge is -2.14. The number of aliphatic hydroxyl groups excluding tert-OH is 1. The van der Waals surface area contributed by atoms with Gasteiger partial charge in [-0.3, -0.25) is 4.79 Å². The quantitative estimate of drug-likeness (QED) is 0.702. The van der Waals surface area contributed by atoms with Gasteiger partial charge in [-0.1, -0.05) is 6.07 Å². The van der Waals surface area contributed by atoms with Crippen LogP contribution in [-0.2, 0) is 14.8 Å². The number of aliphatic hydroxyl groups is 1. The van der Waals surface area contributed by atoms with E-state index in [-0.39, 0.29) is 10.8 Å². The molecular weight excluding hydrogens is 294 g/mol. The third-order valence-corrected chi connectivity index (χ3v) is 5.12. The number of hydrogen-bond acceptors (Lipinski definition) is 5. The van der Waals surface area contributed by atoms with Crippen LogP contribution < -0.4 is 10.6 Å². The average Bonchev–Trinajstić information content (AvgIpc) is 2.85. The second-order valence-corrected chi connectivity index (χ2v) is 7.31. The molecule has 7 nitrogen and oxygen atoms in total. The summed E-state index contributed by atoms with van der Waals surface area (Å²) in [5, 5.41) is 15.0. The summed E-state index contributed by atoms with van der Waals surface area (Å²) in [6, 6.07) is 5.62. The van der Waals surface area contributed by atoms with Gasteiger partial charge >= 0.3 is 0 Å². The molecule has 3 N–H and O–H groups in total. The Bertz CT molecular complexity index is 630. The van der Waals surface area contributed by atoms with Gasteiger partial charge in [-0.15, -0.1) is 0 Å². The number of sulfonamides is 1. The molecule has 0 aliphatic carbocycles. The molecule has 1 amide bonds. The number of β-amino-alcohol motifs (C(OH)–C–C–N with tert-alkyl or cyclic N) is 1. The van der Waals surface area contributed by atoms with Gasteiger partial charge in [-0.2, -0.15) is 0 Å². The van der Waals surface area contributed by atoms with Crippen molar-refractivity contribution in [3.05, 3.63) is 24.3 Å². The number of amides is 1. The van der Waals surface area contributed by atoms with Crippen molar-refractivity contribution >= 4 is 21.6 Å². The fourth-order valence-electron chi connectivity index (χ4n) is 2.09. The Balaban J connectivity index is 2.13. The number of nitrogens with one attached hydrogen (secondary N) is 2. The molecule has 116 valence electrons. The zero-order chi connectivity index (χ0) is 15.6. The highest BCUT2D eigenvalue weighted by atomic mass is 32.2. The van der Waals surface area contributed by atoms with Gasteiger partial charge in [0.1, 0.15) is 0 Å². The van der Waals surface area contributed by atoms with E-state index in [4.69, 9.17) is 0 Å². The predicted octanol–water partition coefficient (Wildman–Crippen LogP) is -0.402. The number of rotatable bonds is 4. The number of nitrogens with zero attached hydrogens (tertiary/aromatic N) is 1. The summed E-state index contributed by atoms with van der Waals surface area (Å²) in [6.45, 7) is 0.382.